The molecule has 0 unspecified atom stereocenters. The number of carbonyl (C=O) groups is 1. The van der Waals surface area contributed by atoms with Crippen LogP contribution in [0.5, 0.6) is 11.6 Å². The largest absolute Gasteiger partial charge is 0.438 e. The number of nitrogens with zero attached hydrogens (tertiary/aromatic N) is 4. The number of aromatic nitrogens is 4. The highest BCUT2D eigenvalue weighted by atomic mass is 16.5. The summed E-state index contributed by atoms with van der Waals surface area (Å²) in [5.41, 5.74) is 0.762. The third-order valence-electron chi connectivity index (χ3n) is 3.90. The van der Waals surface area contributed by atoms with Crippen LogP contribution in [0.1, 0.15) is 19.3 Å². The van der Waals surface area contributed by atoms with Gasteiger partial charge in [0.05, 0.1) is 0 Å². The van der Waals surface area contributed by atoms with E-state index in [2.05, 4.69) is 20.6 Å². The second-order valence-electron chi connectivity index (χ2n) is 6.00. The first-order valence-electron chi connectivity index (χ1n) is 8.18. The van der Waals surface area contributed by atoms with Gasteiger partial charge in [-0.15, -0.1) is 10.2 Å². The van der Waals surface area contributed by atoms with Gasteiger partial charge in [-0.05, 0) is 55.2 Å². The lowest BCUT2D eigenvalue weighted by Gasteiger charge is -2.07. The lowest BCUT2D eigenvalue weighted by molar-refractivity contribution is -0.116. The van der Waals surface area contributed by atoms with Gasteiger partial charge in [0, 0.05) is 30.6 Å². The van der Waals surface area contributed by atoms with Gasteiger partial charge >= 0.3 is 0 Å². The number of amides is 1. The predicted molar refractivity (Wildman–Crippen MR) is 91.6 cm³/mol. The Hall–Kier alpha value is -3.22. The van der Waals surface area contributed by atoms with Crippen molar-refractivity contribution in [2.24, 2.45) is 5.92 Å². The van der Waals surface area contributed by atoms with E-state index >= 15 is 0 Å². The Morgan fingerprint density at radius 1 is 1.16 bits per heavy atom. The van der Waals surface area contributed by atoms with E-state index in [9.17, 15) is 4.79 Å². The van der Waals surface area contributed by atoms with Crippen LogP contribution in [0.15, 0.2) is 54.9 Å². The molecule has 0 spiro atoms. The number of anilines is 1. The molecule has 25 heavy (non-hydrogen) atoms. The molecular weight excluding hydrogens is 318 g/mol. The van der Waals surface area contributed by atoms with E-state index < -0.39 is 0 Å². The normalized spacial score (nSPS) is 13.4. The minimum Gasteiger partial charge on any atom is -0.438 e. The quantitative estimate of drug-likeness (QED) is 0.748. The fourth-order valence-electron chi connectivity index (χ4n) is 2.42. The molecule has 1 N–H and O–H groups in total. The molecule has 7 nitrogen and oxygen atoms in total. The van der Waals surface area contributed by atoms with Crippen LogP contribution in [0.2, 0.25) is 0 Å². The highest BCUT2D eigenvalue weighted by molar-refractivity contribution is 5.91. The number of hydrogen-bond donors (Lipinski definition) is 1. The average Bonchev–Trinajstić information content (AvgIpc) is 3.26. The molecule has 126 valence electrons. The fourth-order valence-corrected chi connectivity index (χ4v) is 2.42. The summed E-state index contributed by atoms with van der Waals surface area (Å²) >= 11 is 0. The Bertz CT molecular complexity index is 840. The van der Waals surface area contributed by atoms with Gasteiger partial charge in [-0.2, -0.15) is 5.10 Å². The van der Waals surface area contributed by atoms with E-state index in [0.29, 0.717) is 29.8 Å². The molecule has 0 atom stereocenters. The average molecular weight is 335 g/mol. The minimum absolute atomic E-state index is 0.0660. The van der Waals surface area contributed by atoms with Crippen LogP contribution in [0.4, 0.5) is 5.69 Å². The van der Waals surface area contributed by atoms with Gasteiger partial charge in [0.1, 0.15) is 5.75 Å². The van der Waals surface area contributed by atoms with E-state index in [0.717, 1.165) is 5.69 Å². The molecule has 2 heterocycles. The van der Waals surface area contributed by atoms with Crippen molar-refractivity contribution in [3.8, 4) is 17.4 Å². The van der Waals surface area contributed by atoms with Gasteiger partial charge in [-0.3, -0.25) is 4.79 Å². The van der Waals surface area contributed by atoms with Gasteiger partial charge in [0.15, 0.2) is 5.82 Å². The van der Waals surface area contributed by atoms with Crippen molar-refractivity contribution < 1.29 is 9.53 Å². The molecule has 3 aromatic rings. The molecule has 0 radical (unpaired) electrons. The highest BCUT2D eigenvalue weighted by Gasteiger charge is 2.24. The molecule has 0 bridgehead atoms. The summed E-state index contributed by atoms with van der Waals surface area (Å²) in [7, 11) is 0. The standard InChI is InChI=1S/C18H17N5O2/c24-17(12-13-2-3-13)20-14-4-6-15(7-5-14)25-18-9-8-16(21-22-18)23-11-1-10-19-23/h1,4-11,13H,2-3,12H2,(H,20,24). The summed E-state index contributed by atoms with van der Waals surface area (Å²) in [5.74, 6) is 2.27. The number of ether oxygens (including phenoxy) is 1. The topological polar surface area (TPSA) is 81.9 Å². The van der Waals surface area contributed by atoms with Crippen LogP contribution in [0.3, 0.4) is 0 Å². The van der Waals surface area contributed by atoms with E-state index in [4.69, 9.17) is 4.74 Å². The van der Waals surface area contributed by atoms with Crippen LogP contribution in [0, 0.1) is 5.92 Å². The first-order chi connectivity index (χ1) is 12.3. The highest BCUT2D eigenvalue weighted by Crippen LogP contribution is 2.32. The first-order valence-corrected chi connectivity index (χ1v) is 8.18. The van der Waals surface area contributed by atoms with Gasteiger partial charge in [-0.25, -0.2) is 4.68 Å². The number of hydrogen-bond acceptors (Lipinski definition) is 5. The van der Waals surface area contributed by atoms with Crippen LogP contribution >= 0.6 is 0 Å². The van der Waals surface area contributed by atoms with Crippen LogP contribution in [0.25, 0.3) is 5.82 Å². The second kappa shape index (κ2) is 6.72. The minimum atomic E-state index is 0.0660. The molecule has 7 heteroatoms. The van der Waals surface area contributed by atoms with Crippen LogP contribution < -0.4 is 10.1 Å². The Morgan fingerprint density at radius 2 is 2.00 bits per heavy atom. The number of benzene rings is 1. The van der Waals surface area contributed by atoms with Gasteiger partial charge in [-0.1, -0.05) is 0 Å². The number of nitrogens with one attached hydrogen (secondary N) is 1. The fraction of sp³-hybridized carbons (Fsp3) is 0.222. The molecule has 1 aliphatic carbocycles. The zero-order chi connectivity index (χ0) is 17.1. The van der Waals surface area contributed by atoms with Crippen molar-refractivity contribution in [1.29, 1.82) is 0 Å². The third kappa shape index (κ3) is 4.00. The molecular formula is C18H17N5O2. The SMILES string of the molecule is O=C(CC1CC1)Nc1ccc(Oc2ccc(-n3cccn3)nn2)cc1. The Morgan fingerprint density at radius 3 is 2.64 bits per heavy atom. The Balaban J connectivity index is 1.36. The van der Waals surface area contributed by atoms with Crippen LogP contribution in [-0.2, 0) is 4.79 Å². The summed E-state index contributed by atoms with van der Waals surface area (Å²) in [6.45, 7) is 0. The summed E-state index contributed by atoms with van der Waals surface area (Å²) in [4.78, 5) is 11.8. The van der Waals surface area contributed by atoms with Gasteiger partial charge in [0.25, 0.3) is 0 Å². The van der Waals surface area contributed by atoms with E-state index in [1.54, 1.807) is 41.3 Å². The molecule has 1 saturated carbocycles. The third-order valence-corrected chi connectivity index (χ3v) is 3.90. The second-order valence-corrected chi connectivity index (χ2v) is 6.00. The number of carbonyl (C=O) groups excluding carboxylic acids is 1. The molecule has 0 aliphatic heterocycles. The molecule has 1 aliphatic rings. The zero-order valence-electron chi connectivity index (χ0n) is 13.5. The maximum Gasteiger partial charge on any atom is 0.238 e. The molecule has 2 aromatic heterocycles. The zero-order valence-corrected chi connectivity index (χ0v) is 13.5. The van der Waals surface area contributed by atoms with Crippen molar-refractivity contribution in [1.82, 2.24) is 20.0 Å². The lowest BCUT2D eigenvalue weighted by Crippen LogP contribution is -2.11. The predicted octanol–water partition coefficient (Wildman–Crippen LogP) is 3.19. The van der Waals surface area contributed by atoms with Crippen molar-refractivity contribution >= 4 is 11.6 Å². The molecule has 1 fully saturated rings. The maximum atomic E-state index is 11.8. The van der Waals surface area contributed by atoms with E-state index in [1.165, 1.54) is 12.8 Å². The van der Waals surface area contributed by atoms with Crippen LogP contribution in [-0.4, -0.2) is 25.9 Å². The summed E-state index contributed by atoms with van der Waals surface area (Å²) in [6.07, 6.45) is 6.41. The summed E-state index contributed by atoms with van der Waals surface area (Å²) < 4.78 is 7.29. The smallest absolute Gasteiger partial charge is 0.238 e. The molecule has 0 saturated heterocycles. The molecule has 1 amide bonds. The monoisotopic (exact) mass is 335 g/mol. The van der Waals surface area contributed by atoms with Crippen molar-refractivity contribution in [3.63, 3.8) is 0 Å². The van der Waals surface area contributed by atoms with Gasteiger partial charge in [0.2, 0.25) is 11.8 Å². The first kappa shape index (κ1) is 15.3. The Labute approximate surface area is 144 Å². The van der Waals surface area contributed by atoms with Gasteiger partial charge < -0.3 is 10.1 Å². The van der Waals surface area contributed by atoms with Crippen molar-refractivity contribution in [2.45, 2.75) is 19.3 Å². The van der Waals surface area contributed by atoms with E-state index in [-0.39, 0.29) is 5.91 Å². The lowest BCUT2D eigenvalue weighted by atomic mass is 10.2. The summed E-state index contributed by atoms with van der Waals surface area (Å²) in [6, 6.07) is 12.5. The number of rotatable bonds is 6. The maximum absolute atomic E-state index is 11.8. The van der Waals surface area contributed by atoms with E-state index in [1.807, 2.05) is 18.2 Å². The summed E-state index contributed by atoms with van der Waals surface area (Å²) in [5, 5.41) is 15.1. The Kier molecular flexibility index (Phi) is 4.12. The van der Waals surface area contributed by atoms with Crippen molar-refractivity contribution in [3.05, 3.63) is 54.9 Å². The van der Waals surface area contributed by atoms with Crippen molar-refractivity contribution in [2.75, 3.05) is 5.32 Å². The molecule has 1 aromatic carbocycles. The molecule has 4 rings (SSSR count).